The van der Waals surface area contributed by atoms with Crippen LogP contribution >= 0.6 is 0 Å². The lowest BCUT2D eigenvalue weighted by Crippen LogP contribution is -2.43. The monoisotopic (exact) mass is 324 g/mol. The second-order valence-corrected chi connectivity index (χ2v) is 6.07. The maximum atomic E-state index is 13.5. The van der Waals surface area contributed by atoms with Crippen molar-refractivity contribution in [1.82, 2.24) is 0 Å². The van der Waals surface area contributed by atoms with E-state index in [1.807, 2.05) is 13.8 Å². The highest BCUT2D eigenvalue weighted by atomic mass is 19.4. The Morgan fingerprint density at radius 3 is 2.05 bits per heavy atom. The lowest BCUT2D eigenvalue weighted by molar-refractivity contribution is -0.298. The first kappa shape index (κ1) is 18.9. The van der Waals surface area contributed by atoms with Gasteiger partial charge in [0, 0.05) is 7.11 Å². The Labute approximate surface area is 127 Å². The number of ether oxygens (including phenoxy) is 1. The van der Waals surface area contributed by atoms with Crippen molar-refractivity contribution >= 4 is 0 Å². The summed E-state index contributed by atoms with van der Waals surface area (Å²) in [5.41, 5.74) is -0.625. The van der Waals surface area contributed by atoms with Crippen LogP contribution in [0.15, 0.2) is 24.3 Å². The van der Waals surface area contributed by atoms with E-state index in [0.29, 0.717) is 12.0 Å². The van der Waals surface area contributed by atoms with Crippen molar-refractivity contribution in [3.8, 4) is 0 Å². The van der Waals surface area contributed by atoms with Crippen molar-refractivity contribution in [2.75, 3.05) is 7.11 Å². The van der Waals surface area contributed by atoms with Gasteiger partial charge in [0.1, 0.15) is 0 Å². The zero-order valence-corrected chi connectivity index (χ0v) is 13.1. The van der Waals surface area contributed by atoms with Crippen LogP contribution < -0.4 is 0 Å². The smallest absolute Gasteiger partial charge is 0.374 e. The Morgan fingerprint density at radius 2 is 1.59 bits per heavy atom. The van der Waals surface area contributed by atoms with E-state index in [9.17, 15) is 22.0 Å². The molecule has 0 saturated heterocycles. The van der Waals surface area contributed by atoms with Crippen LogP contribution in [0.3, 0.4) is 0 Å². The fourth-order valence-electron chi connectivity index (χ4n) is 2.46. The minimum Gasteiger partial charge on any atom is -0.374 e. The second-order valence-electron chi connectivity index (χ2n) is 6.07. The Kier molecular flexibility index (Phi) is 5.60. The number of hydrogen-bond acceptors (Lipinski definition) is 1. The molecule has 1 atom stereocenters. The number of alkyl halides is 5. The molecule has 0 bridgehead atoms. The summed E-state index contributed by atoms with van der Waals surface area (Å²) in [6.45, 7) is 5.17. The fraction of sp³-hybridized carbons (Fsp3) is 0.625. The van der Waals surface area contributed by atoms with Gasteiger partial charge in [0.2, 0.25) is 0 Å². The summed E-state index contributed by atoms with van der Waals surface area (Å²) in [7, 11) is 1.15. The van der Waals surface area contributed by atoms with Crippen molar-refractivity contribution < 1.29 is 26.7 Å². The summed E-state index contributed by atoms with van der Waals surface area (Å²) in [5, 5.41) is 0. The van der Waals surface area contributed by atoms with Gasteiger partial charge in [-0.05, 0) is 30.4 Å². The van der Waals surface area contributed by atoms with E-state index in [2.05, 4.69) is 0 Å². The maximum Gasteiger partial charge on any atom is 0.453 e. The van der Waals surface area contributed by atoms with Gasteiger partial charge < -0.3 is 4.74 Å². The lowest BCUT2D eigenvalue weighted by Gasteiger charge is -2.35. The van der Waals surface area contributed by atoms with Crippen LogP contribution in [0.5, 0.6) is 0 Å². The molecule has 0 heterocycles. The van der Waals surface area contributed by atoms with Gasteiger partial charge in [-0.1, -0.05) is 38.1 Å². The average molecular weight is 324 g/mol. The molecule has 1 aromatic carbocycles. The maximum absolute atomic E-state index is 13.5. The Morgan fingerprint density at radius 1 is 1.05 bits per heavy atom. The molecular formula is C16H21F5O. The summed E-state index contributed by atoms with van der Waals surface area (Å²) in [5.74, 6) is -4.58. The first-order valence-corrected chi connectivity index (χ1v) is 7.01. The summed E-state index contributed by atoms with van der Waals surface area (Å²) in [4.78, 5) is 0. The Balaban J connectivity index is 3.25. The van der Waals surface area contributed by atoms with Gasteiger partial charge in [0.05, 0.1) is 12.0 Å². The van der Waals surface area contributed by atoms with Gasteiger partial charge >= 0.3 is 12.1 Å². The SMILES string of the molecule is COC(C)(CC(F)(F)C(F)(F)F)c1ccccc1CC(C)C. The molecule has 0 radical (unpaired) electrons. The molecule has 22 heavy (non-hydrogen) atoms. The molecule has 1 unspecified atom stereocenters. The number of rotatable bonds is 6. The standard InChI is InChI=1S/C16H21F5O/c1-11(2)9-12-7-5-6-8-13(12)14(3,22-4)10-15(17,18)16(19,20)21/h5-8,11H,9-10H2,1-4H3. The highest BCUT2D eigenvalue weighted by Crippen LogP contribution is 2.45. The summed E-state index contributed by atoms with van der Waals surface area (Å²) in [6, 6.07) is 6.63. The van der Waals surface area contributed by atoms with E-state index in [1.165, 1.54) is 6.92 Å². The molecule has 6 heteroatoms. The van der Waals surface area contributed by atoms with Crippen molar-refractivity contribution in [3.05, 3.63) is 35.4 Å². The van der Waals surface area contributed by atoms with Crippen LogP contribution in [0.25, 0.3) is 0 Å². The molecule has 0 amide bonds. The van der Waals surface area contributed by atoms with E-state index >= 15 is 0 Å². The summed E-state index contributed by atoms with van der Waals surface area (Å²) >= 11 is 0. The predicted octanol–water partition coefficient (Wildman–Crippen LogP) is 5.33. The average Bonchev–Trinajstić information content (AvgIpc) is 2.36. The summed E-state index contributed by atoms with van der Waals surface area (Å²) < 4.78 is 69.6. The third-order valence-corrected chi connectivity index (χ3v) is 3.64. The molecule has 0 saturated carbocycles. The zero-order valence-electron chi connectivity index (χ0n) is 13.1. The number of benzene rings is 1. The van der Waals surface area contributed by atoms with Crippen LogP contribution in [0, 0.1) is 5.92 Å². The molecule has 0 spiro atoms. The van der Waals surface area contributed by atoms with Gasteiger partial charge in [-0.15, -0.1) is 0 Å². The van der Waals surface area contributed by atoms with E-state index in [4.69, 9.17) is 4.74 Å². The van der Waals surface area contributed by atoms with Crippen LogP contribution in [-0.4, -0.2) is 19.2 Å². The van der Waals surface area contributed by atoms with Crippen LogP contribution in [0.2, 0.25) is 0 Å². The topological polar surface area (TPSA) is 9.23 Å². The van der Waals surface area contributed by atoms with E-state index in [0.717, 1.165) is 12.7 Å². The molecule has 0 aliphatic heterocycles. The quantitative estimate of drug-likeness (QED) is 0.642. The lowest BCUT2D eigenvalue weighted by atomic mass is 9.83. The van der Waals surface area contributed by atoms with Crippen LogP contribution in [0.4, 0.5) is 22.0 Å². The zero-order chi connectivity index (χ0) is 17.2. The van der Waals surface area contributed by atoms with Gasteiger partial charge in [-0.2, -0.15) is 22.0 Å². The first-order chi connectivity index (χ1) is 9.93. The van der Waals surface area contributed by atoms with Gasteiger partial charge in [-0.3, -0.25) is 0 Å². The molecule has 0 fully saturated rings. The molecule has 0 aliphatic rings. The van der Waals surface area contributed by atoms with Crippen molar-refractivity contribution in [1.29, 1.82) is 0 Å². The normalized spacial score (nSPS) is 15.9. The first-order valence-electron chi connectivity index (χ1n) is 7.01. The number of halogens is 5. The van der Waals surface area contributed by atoms with Crippen molar-refractivity contribution in [2.45, 2.75) is 51.3 Å². The fourth-order valence-corrected chi connectivity index (χ4v) is 2.46. The molecule has 1 aromatic rings. The molecule has 126 valence electrons. The molecule has 1 rings (SSSR count). The minimum atomic E-state index is -5.60. The highest BCUT2D eigenvalue weighted by Gasteiger charge is 2.60. The number of methoxy groups -OCH3 is 1. The van der Waals surface area contributed by atoms with Crippen molar-refractivity contribution in [2.24, 2.45) is 5.92 Å². The third-order valence-electron chi connectivity index (χ3n) is 3.64. The Bertz CT molecular complexity index is 496. The molecule has 0 aliphatic carbocycles. The van der Waals surface area contributed by atoms with Crippen LogP contribution in [-0.2, 0) is 16.8 Å². The van der Waals surface area contributed by atoms with E-state index in [1.54, 1.807) is 24.3 Å². The van der Waals surface area contributed by atoms with Gasteiger partial charge in [0.15, 0.2) is 0 Å². The summed E-state index contributed by atoms with van der Waals surface area (Å²) in [6.07, 6.45) is -6.47. The van der Waals surface area contributed by atoms with Crippen LogP contribution in [0.1, 0.15) is 38.3 Å². The number of hydrogen-bond donors (Lipinski definition) is 0. The molecule has 0 N–H and O–H groups in total. The van der Waals surface area contributed by atoms with Gasteiger partial charge in [-0.25, -0.2) is 0 Å². The highest BCUT2D eigenvalue weighted by molar-refractivity contribution is 5.33. The second kappa shape index (κ2) is 6.52. The van der Waals surface area contributed by atoms with E-state index < -0.39 is 24.1 Å². The molecule has 1 nitrogen and oxygen atoms in total. The Hall–Kier alpha value is -1.17. The third kappa shape index (κ3) is 4.18. The largest absolute Gasteiger partial charge is 0.453 e. The predicted molar refractivity (Wildman–Crippen MR) is 75.0 cm³/mol. The van der Waals surface area contributed by atoms with Crippen molar-refractivity contribution in [3.63, 3.8) is 0 Å². The molecular weight excluding hydrogens is 303 g/mol. The van der Waals surface area contributed by atoms with Gasteiger partial charge in [0.25, 0.3) is 0 Å². The minimum absolute atomic E-state index is 0.241. The van der Waals surface area contributed by atoms with E-state index in [-0.39, 0.29) is 5.92 Å². The molecule has 0 aromatic heterocycles.